The van der Waals surface area contributed by atoms with E-state index in [9.17, 15) is 9.59 Å². The maximum atomic E-state index is 11.5. The number of hydrogen-bond acceptors (Lipinski definition) is 3. The number of esters is 1. The third-order valence-electron chi connectivity index (χ3n) is 3.01. The third-order valence-corrected chi connectivity index (χ3v) is 3.01. The Kier molecular flexibility index (Phi) is 6.86. The van der Waals surface area contributed by atoms with Crippen LogP contribution in [0.25, 0.3) is 0 Å². The van der Waals surface area contributed by atoms with Gasteiger partial charge in [-0.1, -0.05) is 31.2 Å². The van der Waals surface area contributed by atoms with Crippen LogP contribution >= 0.6 is 0 Å². The Labute approximate surface area is 115 Å². The third kappa shape index (κ3) is 6.18. The minimum Gasteiger partial charge on any atom is -0.466 e. The van der Waals surface area contributed by atoms with Gasteiger partial charge in [-0.05, 0) is 31.2 Å². The van der Waals surface area contributed by atoms with Crippen LogP contribution < -0.4 is 0 Å². The molecule has 0 unspecified atom stereocenters. The normalized spacial score (nSPS) is 10.2. The first-order valence-electron chi connectivity index (χ1n) is 6.89. The number of carbonyl (C=O) groups is 2. The summed E-state index contributed by atoms with van der Waals surface area (Å²) in [5.41, 5.74) is 2.04. The van der Waals surface area contributed by atoms with Crippen molar-refractivity contribution in [1.29, 1.82) is 0 Å². The smallest absolute Gasteiger partial charge is 0.302 e. The molecule has 1 aromatic carbocycles. The zero-order chi connectivity index (χ0) is 14.1. The second-order valence-corrected chi connectivity index (χ2v) is 4.62. The molecule has 1 rings (SSSR count). The summed E-state index contributed by atoms with van der Waals surface area (Å²) in [7, 11) is 0. The highest BCUT2D eigenvalue weighted by atomic mass is 16.5. The summed E-state index contributed by atoms with van der Waals surface area (Å²) in [5, 5.41) is 0. The number of ketones is 1. The molecule has 3 nitrogen and oxygen atoms in total. The summed E-state index contributed by atoms with van der Waals surface area (Å²) in [4.78, 5) is 22.0. The Morgan fingerprint density at radius 2 is 1.74 bits per heavy atom. The van der Waals surface area contributed by atoms with E-state index in [0.717, 1.165) is 31.2 Å². The fraction of sp³-hybridized carbons (Fsp3) is 0.500. The fourth-order valence-corrected chi connectivity index (χ4v) is 1.89. The number of aryl methyl sites for hydroxylation is 1. The molecule has 104 valence electrons. The van der Waals surface area contributed by atoms with Crippen molar-refractivity contribution in [3.05, 3.63) is 35.4 Å². The van der Waals surface area contributed by atoms with Gasteiger partial charge in [0.25, 0.3) is 0 Å². The van der Waals surface area contributed by atoms with Gasteiger partial charge < -0.3 is 4.74 Å². The highest BCUT2D eigenvalue weighted by Crippen LogP contribution is 2.10. The molecule has 3 heteroatoms. The van der Waals surface area contributed by atoms with Crippen molar-refractivity contribution in [2.75, 3.05) is 6.61 Å². The molecule has 1 aromatic rings. The Bertz CT molecular complexity index is 407. The van der Waals surface area contributed by atoms with E-state index in [1.54, 1.807) is 0 Å². The van der Waals surface area contributed by atoms with E-state index in [2.05, 4.69) is 0 Å². The van der Waals surface area contributed by atoms with Gasteiger partial charge in [0.2, 0.25) is 0 Å². The minimum absolute atomic E-state index is 0.188. The molecule has 0 aliphatic heterocycles. The summed E-state index contributed by atoms with van der Waals surface area (Å²) >= 11 is 0. The number of ether oxygens (including phenoxy) is 1. The minimum atomic E-state index is -0.212. The van der Waals surface area contributed by atoms with E-state index in [-0.39, 0.29) is 11.8 Å². The van der Waals surface area contributed by atoms with Crippen molar-refractivity contribution in [2.45, 2.75) is 46.0 Å². The lowest BCUT2D eigenvalue weighted by Crippen LogP contribution is -2.00. The monoisotopic (exact) mass is 262 g/mol. The molecule has 0 aliphatic carbocycles. The molecule has 0 saturated heterocycles. The van der Waals surface area contributed by atoms with Crippen LogP contribution in [0.1, 0.15) is 55.5 Å². The number of carbonyl (C=O) groups excluding carboxylic acids is 2. The van der Waals surface area contributed by atoms with Gasteiger partial charge in [0.1, 0.15) is 0 Å². The van der Waals surface area contributed by atoms with Crippen LogP contribution in [0.15, 0.2) is 24.3 Å². The van der Waals surface area contributed by atoms with Crippen molar-refractivity contribution < 1.29 is 14.3 Å². The zero-order valence-electron chi connectivity index (χ0n) is 11.8. The first kappa shape index (κ1) is 15.4. The van der Waals surface area contributed by atoms with E-state index >= 15 is 0 Å². The molecule has 0 N–H and O–H groups in total. The van der Waals surface area contributed by atoms with Crippen molar-refractivity contribution in [3.8, 4) is 0 Å². The molecule has 0 fully saturated rings. The van der Waals surface area contributed by atoms with E-state index < -0.39 is 0 Å². The van der Waals surface area contributed by atoms with Crippen molar-refractivity contribution in [1.82, 2.24) is 0 Å². The predicted molar refractivity (Wildman–Crippen MR) is 75.3 cm³/mol. The first-order valence-corrected chi connectivity index (χ1v) is 6.89. The van der Waals surface area contributed by atoms with Gasteiger partial charge >= 0.3 is 5.97 Å². The second-order valence-electron chi connectivity index (χ2n) is 4.62. The van der Waals surface area contributed by atoms with E-state index in [0.29, 0.717) is 13.0 Å². The van der Waals surface area contributed by atoms with E-state index in [1.807, 2.05) is 31.2 Å². The average Bonchev–Trinajstić information content (AvgIpc) is 2.42. The van der Waals surface area contributed by atoms with Gasteiger partial charge in [-0.2, -0.15) is 0 Å². The molecule has 0 radical (unpaired) electrons. The van der Waals surface area contributed by atoms with Gasteiger partial charge in [0, 0.05) is 18.9 Å². The molecule has 0 aromatic heterocycles. The predicted octanol–water partition coefficient (Wildman–Crippen LogP) is 3.56. The SMILES string of the molecule is CCC(=O)c1ccc(CCCCCOC(C)=O)cc1. The first-order chi connectivity index (χ1) is 9.13. The quantitative estimate of drug-likeness (QED) is 0.409. The molecular formula is C16H22O3. The van der Waals surface area contributed by atoms with Crippen LogP contribution in [0, 0.1) is 0 Å². The maximum absolute atomic E-state index is 11.5. The molecule has 0 amide bonds. The Hall–Kier alpha value is -1.64. The number of benzene rings is 1. The average molecular weight is 262 g/mol. The largest absolute Gasteiger partial charge is 0.466 e. The Morgan fingerprint density at radius 1 is 1.05 bits per heavy atom. The molecule has 0 atom stereocenters. The molecule has 0 aliphatic rings. The summed E-state index contributed by atoms with van der Waals surface area (Å²) in [6, 6.07) is 7.85. The molecule has 0 saturated carbocycles. The number of hydrogen-bond donors (Lipinski definition) is 0. The Morgan fingerprint density at radius 3 is 2.32 bits per heavy atom. The van der Waals surface area contributed by atoms with Gasteiger partial charge in [-0.3, -0.25) is 9.59 Å². The topological polar surface area (TPSA) is 43.4 Å². The molecule has 19 heavy (non-hydrogen) atoms. The van der Waals surface area contributed by atoms with Crippen LogP contribution in [0.5, 0.6) is 0 Å². The van der Waals surface area contributed by atoms with E-state index in [4.69, 9.17) is 4.74 Å². The number of unbranched alkanes of at least 4 members (excludes halogenated alkanes) is 2. The summed E-state index contributed by atoms with van der Waals surface area (Å²) in [6.45, 7) is 3.82. The fourth-order valence-electron chi connectivity index (χ4n) is 1.89. The van der Waals surface area contributed by atoms with Crippen molar-refractivity contribution in [2.24, 2.45) is 0 Å². The molecular weight excluding hydrogens is 240 g/mol. The lowest BCUT2D eigenvalue weighted by atomic mass is 10.0. The van der Waals surface area contributed by atoms with Gasteiger partial charge in [-0.25, -0.2) is 0 Å². The highest BCUT2D eigenvalue weighted by Gasteiger charge is 2.02. The molecule has 0 bridgehead atoms. The Balaban J connectivity index is 2.23. The summed E-state index contributed by atoms with van der Waals surface area (Å²) < 4.78 is 4.87. The van der Waals surface area contributed by atoms with Gasteiger partial charge in [0.15, 0.2) is 5.78 Å². The maximum Gasteiger partial charge on any atom is 0.302 e. The lowest BCUT2D eigenvalue weighted by Gasteiger charge is -2.04. The van der Waals surface area contributed by atoms with Crippen LogP contribution in [-0.4, -0.2) is 18.4 Å². The van der Waals surface area contributed by atoms with E-state index in [1.165, 1.54) is 12.5 Å². The standard InChI is InChI=1S/C16H22O3/c1-3-16(18)15-10-8-14(9-11-15)7-5-4-6-12-19-13(2)17/h8-11H,3-7,12H2,1-2H3. The van der Waals surface area contributed by atoms with Crippen LogP contribution in [0.4, 0.5) is 0 Å². The highest BCUT2D eigenvalue weighted by molar-refractivity contribution is 5.95. The second kappa shape index (κ2) is 8.46. The van der Waals surface area contributed by atoms with Crippen LogP contribution in [0.3, 0.4) is 0 Å². The van der Waals surface area contributed by atoms with Crippen LogP contribution in [-0.2, 0) is 16.0 Å². The lowest BCUT2D eigenvalue weighted by molar-refractivity contribution is -0.141. The number of rotatable bonds is 8. The molecule has 0 heterocycles. The van der Waals surface area contributed by atoms with Gasteiger partial charge in [-0.15, -0.1) is 0 Å². The van der Waals surface area contributed by atoms with Gasteiger partial charge in [0.05, 0.1) is 6.61 Å². The zero-order valence-corrected chi connectivity index (χ0v) is 11.8. The summed E-state index contributed by atoms with van der Waals surface area (Å²) in [6.07, 6.45) is 4.58. The van der Waals surface area contributed by atoms with Crippen molar-refractivity contribution >= 4 is 11.8 Å². The number of Topliss-reactive ketones (excluding diaryl/α,β-unsaturated/α-hetero) is 1. The van der Waals surface area contributed by atoms with Crippen molar-refractivity contribution in [3.63, 3.8) is 0 Å². The summed E-state index contributed by atoms with van der Waals surface area (Å²) in [5.74, 6) is -0.0240. The molecule has 0 spiro atoms. The van der Waals surface area contributed by atoms with Crippen LogP contribution in [0.2, 0.25) is 0 Å².